The molecule has 6 heterocycles. The van der Waals surface area contributed by atoms with Crippen LogP contribution < -0.4 is 0 Å². The van der Waals surface area contributed by atoms with Gasteiger partial charge in [-0.3, -0.25) is 15.0 Å². The quantitative estimate of drug-likeness (QED) is 0.0810. The van der Waals surface area contributed by atoms with E-state index in [1.165, 1.54) is 71.3 Å². The number of para-hydroxylation sites is 3. The zero-order chi connectivity index (χ0) is 99.8. The van der Waals surface area contributed by atoms with Crippen LogP contribution in [-0.4, -0.2) is 54.8 Å². The van der Waals surface area contributed by atoms with E-state index in [9.17, 15) is 0 Å². The molecular weight excluding hydrogens is 1820 g/mol. The van der Waals surface area contributed by atoms with Crippen LogP contribution >= 0.6 is 0 Å². The van der Waals surface area contributed by atoms with Crippen LogP contribution in [-0.2, 0) is 0 Å². The van der Waals surface area contributed by atoms with Crippen LogP contribution in [0.4, 0.5) is 0 Å². The Labute approximate surface area is 868 Å². The highest BCUT2D eigenvalue weighted by Crippen LogP contribution is 2.46. The fraction of sp³-hybridized carbons (Fsp3) is 0. The van der Waals surface area contributed by atoms with Gasteiger partial charge in [0.25, 0.3) is 0 Å². The van der Waals surface area contributed by atoms with Crippen molar-refractivity contribution in [3.8, 4) is 202 Å². The Morgan fingerprint density at radius 2 is 0.373 bits per heavy atom. The van der Waals surface area contributed by atoms with Crippen molar-refractivity contribution in [3.05, 3.63) is 552 Å². The third kappa shape index (κ3) is 18.9. The van der Waals surface area contributed by atoms with Gasteiger partial charge in [-0.1, -0.05) is 504 Å². The molecule has 0 saturated heterocycles. The van der Waals surface area contributed by atoms with Crippen molar-refractivity contribution in [3.63, 3.8) is 0 Å². The normalized spacial score (nSPS) is 11.2. The van der Waals surface area contributed by atoms with Crippen molar-refractivity contribution >= 4 is 65.0 Å². The Morgan fingerprint density at radius 1 is 0.127 bits per heavy atom. The highest BCUT2D eigenvalue weighted by Gasteiger charge is 2.23. The van der Waals surface area contributed by atoms with Gasteiger partial charge in [-0.2, -0.15) is 0 Å². The minimum atomic E-state index is 0.640. The van der Waals surface area contributed by atoms with E-state index < -0.39 is 0 Å². The molecule has 11 heteroatoms. The van der Waals surface area contributed by atoms with E-state index in [2.05, 4.69) is 362 Å². The zero-order valence-corrected chi connectivity index (χ0v) is 81.5. The first-order valence-electron chi connectivity index (χ1n) is 50.3. The number of benzene rings is 21. The van der Waals surface area contributed by atoms with E-state index >= 15 is 0 Å². The van der Waals surface area contributed by atoms with Gasteiger partial charge in [0, 0.05) is 102 Å². The van der Waals surface area contributed by atoms with Gasteiger partial charge in [0.1, 0.15) is 0 Å². The Bertz CT molecular complexity index is 9050. The summed E-state index contributed by atoms with van der Waals surface area (Å²) in [6, 6.07) is 186. The molecular formula is C139H91N11. The van der Waals surface area contributed by atoms with Crippen molar-refractivity contribution in [2.24, 2.45) is 0 Å². The summed E-state index contributed by atoms with van der Waals surface area (Å²) in [6.45, 7) is 0. The molecule has 0 atom stereocenters. The van der Waals surface area contributed by atoms with Crippen molar-refractivity contribution < 1.29 is 0 Å². The number of hydrogen-bond donors (Lipinski definition) is 0. The average molecular weight is 1920 g/mol. The SMILES string of the molecule is c1ccc(-c2cc(-c3ccc(-c4ccc5ccccc5c4-c4ccc(-c5cccc6cccnc56)cc4)cc3)nc(-c3ccccc3)n2)cc1.c1ccc(-c2nc(-c3ccccc3)nc(-c3ccc(-c4ccc5ccccc5c4-c4ccc(-c5cccc6cccnc56)cc4)cc3)n2)cc1.c1ccc(-c2nc(-c3ccccc3)nc(-c3ccc(-c4ccc5ccccc5c4-c4ccc(-c5cnc6ccccc6c5)cc4)cc3)n2)cc1. The van der Waals surface area contributed by atoms with E-state index in [0.717, 1.165) is 155 Å². The molecule has 11 nitrogen and oxygen atoms in total. The standard InChI is InChI=1S/C47H31N3.2C46H30N4/c1-3-12-35(13-4-1)43-31-44(50-47(49-43)39-14-5-2-6-15-39)36-24-20-33(21-25-36)41-29-28-32-11-7-8-18-40(32)45(41)37-26-22-34(23-27-37)42-19-9-16-38-17-10-30-48-46(38)42;1-3-12-35(13-4-1)44-48-45(36-14-5-2-6-15-36)50-46(49-44)37-25-21-33(22-26-37)41-28-27-32-11-7-9-17-40(32)43(41)34-23-19-31(20-24-34)39-29-38-16-8-10-18-42(38)47-30-39;1-3-12-36(13-4-1)44-48-45(37-14-5-2-6-15-37)50-46(49-44)38-26-22-32(23-27-38)40-29-28-31-11-7-8-18-39(31)42(40)34-24-20-33(21-25-34)41-19-9-16-35-17-10-30-47-43(35)41/h1-31H;2*1-30H. The molecule has 0 unspecified atom stereocenters. The maximum Gasteiger partial charge on any atom is 0.164 e. The lowest BCUT2D eigenvalue weighted by molar-refractivity contribution is 1.07. The van der Waals surface area contributed by atoms with Crippen molar-refractivity contribution in [2.75, 3.05) is 0 Å². The second kappa shape index (κ2) is 41.2. The number of nitrogens with zero attached hydrogens (tertiary/aromatic N) is 11. The van der Waals surface area contributed by atoms with Crippen LogP contribution in [0.1, 0.15) is 0 Å². The van der Waals surface area contributed by atoms with Gasteiger partial charge in [-0.05, 0) is 146 Å². The molecule has 6 aromatic heterocycles. The van der Waals surface area contributed by atoms with Crippen LogP contribution in [0.3, 0.4) is 0 Å². The molecule has 0 amide bonds. The predicted molar refractivity (Wildman–Crippen MR) is 618 cm³/mol. The van der Waals surface area contributed by atoms with E-state index in [1.807, 2.05) is 201 Å². The zero-order valence-electron chi connectivity index (χ0n) is 81.5. The lowest BCUT2D eigenvalue weighted by atomic mass is 9.88. The molecule has 0 spiro atoms. The Balaban J connectivity index is 0.000000116. The Kier molecular flexibility index (Phi) is 25.0. The highest BCUT2D eigenvalue weighted by molar-refractivity contribution is 6.08. The molecule has 0 aliphatic rings. The van der Waals surface area contributed by atoms with Gasteiger partial charge in [-0.25, -0.2) is 39.9 Å². The lowest BCUT2D eigenvalue weighted by Gasteiger charge is -2.16. The topological polar surface area (TPSA) is 142 Å². The molecule has 0 bridgehead atoms. The summed E-state index contributed by atoms with van der Waals surface area (Å²) in [5.74, 6) is 4.60. The molecule has 0 aliphatic heterocycles. The summed E-state index contributed by atoms with van der Waals surface area (Å²) in [6.07, 6.45) is 5.68. The number of hydrogen-bond acceptors (Lipinski definition) is 11. The summed E-state index contributed by atoms with van der Waals surface area (Å²) in [7, 11) is 0. The maximum absolute atomic E-state index is 5.04. The summed E-state index contributed by atoms with van der Waals surface area (Å²) in [5.41, 5.74) is 34.5. The fourth-order valence-electron chi connectivity index (χ4n) is 20.2. The molecule has 21 aromatic carbocycles. The lowest BCUT2D eigenvalue weighted by Crippen LogP contribution is -2.00. The number of rotatable bonds is 18. The molecule has 0 aliphatic carbocycles. The summed E-state index contributed by atoms with van der Waals surface area (Å²) in [4.78, 5) is 53.5. The minimum absolute atomic E-state index is 0.640. The van der Waals surface area contributed by atoms with Crippen molar-refractivity contribution in [2.45, 2.75) is 0 Å². The largest absolute Gasteiger partial charge is 0.256 e. The van der Waals surface area contributed by atoms with Crippen LogP contribution in [0.25, 0.3) is 267 Å². The predicted octanol–water partition coefficient (Wildman–Crippen LogP) is 35.3. The van der Waals surface area contributed by atoms with Gasteiger partial charge in [0.15, 0.2) is 40.8 Å². The third-order valence-corrected chi connectivity index (χ3v) is 27.7. The highest BCUT2D eigenvalue weighted by atomic mass is 15.0. The van der Waals surface area contributed by atoms with E-state index in [0.29, 0.717) is 40.8 Å². The van der Waals surface area contributed by atoms with Crippen LogP contribution in [0.5, 0.6) is 0 Å². The van der Waals surface area contributed by atoms with Crippen molar-refractivity contribution in [1.29, 1.82) is 0 Å². The molecule has 0 radical (unpaired) electrons. The number of aromatic nitrogens is 11. The van der Waals surface area contributed by atoms with Crippen molar-refractivity contribution in [1.82, 2.24) is 54.8 Å². The minimum Gasteiger partial charge on any atom is -0.256 e. The van der Waals surface area contributed by atoms with Crippen LogP contribution in [0.2, 0.25) is 0 Å². The summed E-state index contributed by atoms with van der Waals surface area (Å²) in [5, 5.41) is 10.7. The third-order valence-electron chi connectivity index (χ3n) is 27.7. The summed E-state index contributed by atoms with van der Waals surface area (Å²) >= 11 is 0. The first kappa shape index (κ1) is 91.0. The molecule has 0 N–H and O–H groups in total. The van der Waals surface area contributed by atoms with Crippen LogP contribution in [0.15, 0.2) is 552 Å². The van der Waals surface area contributed by atoms with Gasteiger partial charge in [0.05, 0.1) is 27.9 Å². The fourth-order valence-corrected chi connectivity index (χ4v) is 20.2. The smallest absolute Gasteiger partial charge is 0.164 e. The summed E-state index contributed by atoms with van der Waals surface area (Å²) < 4.78 is 0. The molecule has 0 fully saturated rings. The molecule has 702 valence electrons. The average Bonchev–Trinajstić information content (AvgIpc) is 0.766. The second-order valence-electron chi connectivity index (χ2n) is 37.0. The monoisotopic (exact) mass is 1910 g/mol. The molecule has 27 aromatic rings. The Hall–Kier alpha value is -20.3. The first-order valence-corrected chi connectivity index (χ1v) is 50.3. The number of fused-ring (bicyclic) bond motifs is 6. The van der Waals surface area contributed by atoms with Gasteiger partial charge in [0.2, 0.25) is 0 Å². The van der Waals surface area contributed by atoms with Gasteiger partial charge in [-0.15, -0.1) is 0 Å². The van der Waals surface area contributed by atoms with Crippen LogP contribution in [0, 0.1) is 0 Å². The van der Waals surface area contributed by atoms with Gasteiger partial charge < -0.3 is 0 Å². The van der Waals surface area contributed by atoms with E-state index in [1.54, 1.807) is 0 Å². The van der Waals surface area contributed by atoms with Gasteiger partial charge >= 0.3 is 0 Å². The second-order valence-corrected chi connectivity index (χ2v) is 37.0. The molecule has 150 heavy (non-hydrogen) atoms. The Morgan fingerprint density at radius 3 is 0.720 bits per heavy atom. The molecule has 27 rings (SSSR count). The van der Waals surface area contributed by atoms with E-state index in [4.69, 9.17) is 44.9 Å². The maximum atomic E-state index is 5.04. The molecule has 0 saturated carbocycles. The first-order chi connectivity index (χ1) is 74.3. The van der Waals surface area contributed by atoms with E-state index in [-0.39, 0.29) is 0 Å². The number of pyridine rings is 3.